The van der Waals surface area contributed by atoms with E-state index in [2.05, 4.69) is 9.72 Å². The zero-order valence-electron chi connectivity index (χ0n) is 7.78. The molecule has 2 aromatic rings. The quantitative estimate of drug-likeness (QED) is 0.616. The standard InChI is InChI=1S/C9H7ClN2O2S/c1-14-9(13)8-7(11)4-2-6(10)12-3-5(4)15-8/h2-3H,11H2,1H3. The Morgan fingerprint density at radius 3 is 3.07 bits per heavy atom. The van der Waals surface area contributed by atoms with Gasteiger partial charge in [0.15, 0.2) is 0 Å². The van der Waals surface area contributed by atoms with E-state index in [4.69, 9.17) is 17.3 Å². The first kappa shape index (κ1) is 10.2. The number of hydrogen-bond donors (Lipinski definition) is 1. The van der Waals surface area contributed by atoms with Crippen molar-refractivity contribution in [2.24, 2.45) is 0 Å². The first-order valence-electron chi connectivity index (χ1n) is 4.05. The van der Waals surface area contributed by atoms with Crippen LogP contribution in [0.25, 0.3) is 10.1 Å². The minimum atomic E-state index is -0.440. The molecule has 0 saturated heterocycles. The number of methoxy groups -OCH3 is 1. The van der Waals surface area contributed by atoms with Crippen LogP contribution in [-0.2, 0) is 4.74 Å². The summed E-state index contributed by atoms with van der Waals surface area (Å²) < 4.78 is 5.43. The van der Waals surface area contributed by atoms with Crippen molar-refractivity contribution in [1.29, 1.82) is 0 Å². The van der Waals surface area contributed by atoms with Gasteiger partial charge in [-0.25, -0.2) is 9.78 Å². The second-order valence-corrected chi connectivity index (χ2v) is 4.28. The molecule has 0 spiro atoms. The average molecular weight is 243 g/mol. The Kier molecular flexibility index (Phi) is 2.50. The van der Waals surface area contributed by atoms with E-state index in [0.717, 1.165) is 10.1 Å². The summed E-state index contributed by atoms with van der Waals surface area (Å²) in [6, 6.07) is 1.63. The molecule has 0 aromatic carbocycles. The summed E-state index contributed by atoms with van der Waals surface area (Å²) in [6.45, 7) is 0. The summed E-state index contributed by atoms with van der Waals surface area (Å²) in [5.74, 6) is -0.440. The number of nitrogens with two attached hydrogens (primary N) is 1. The number of hydrogen-bond acceptors (Lipinski definition) is 5. The number of fused-ring (bicyclic) bond motifs is 1. The van der Waals surface area contributed by atoms with Gasteiger partial charge in [-0.3, -0.25) is 0 Å². The maximum atomic E-state index is 11.3. The Balaban J connectivity index is 2.69. The minimum absolute atomic E-state index is 0.350. The molecule has 2 N–H and O–H groups in total. The second kappa shape index (κ2) is 3.67. The van der Waals surface area contributed by atoms with Crippen molar-refractivity contribution in [3.8, 4) is 0 Å². The fourth-order valence-electron chi connectivity index (χ4n) is 1.24. The molecule has 0 bridgehead atoms. The predicted molar refractivity (Wildman–Crippen MR) is 60.4 cm³/mol. The van der Waals surface area contributed by atoms with E-state index >= 15 is 0 Å². The Morgan fingerprint density at radius 1 is 1.67 bits per heavy atom. The molecule has 0 unspecified atom stereocenters. The van der Waals surface area contributed by atoms with Gasteiger partial charge in [0.1, 0.15) is 10.0 Å². The van der Waals surface area contributed by atoms with Gasteiger partial charge in [-0.1, -0.05) is 11.6 Å². The van der Waals surface area contributed by atoms with Crippen molar-refractivity contribution in [1.82, 2.24) is 4.98 Å². The maximum absolute atomic E-state index is 11.3. The van der Waals surface area contributed by atoms with E-state index < -0.39 is 5.97 Å². The third-order valence-corrected chi connectivity index (χ3v) is 3.29. The van der Waals surface area contributed by atoms with Crippen LogP contribution in [0, 0.1) is 0 Å². The van der Waals surface area contributed by atoms with Gasteiger partial charge in [0.05, 0.1) is 17.5 Å². The van der Waals surface area contributed by atoms with Crippen molar-refractivity contribution in [3.63, 3.8) is 0 Å². The number of anilines is 1. The van der Waals surface area contributed by atoms with Crippen molar-refractivity contribution in [3.05, 3.63) is 22.3 Å². The largest absolute Gasteiger partial charge is 0.465 e. The molecule has 2 aromatic heterocycles. The Morgan fingerprint density at radius 2 is 2.40 bits per heavy atom. The lowest BCUT2D eigenvalue weighted by atomic mass is 10.2. The van der Waals surface area contributed by atoms with Crippen LogP contribution in [0.15, 0.2) is 12.3 Å². The maximum Gasteiger partial charge on any atom is 0.350 e. The molecule has 0 aliphatic carbocycles. The molecule has 0 aliphatic rings. The summed E-state index contributed by atoms with van der Waals surface area (Å²) in [5.41, 5.74) is 6.20. The molecule has 6 heteroatoms. The minimum Gasteiger partial charge on any atom is -0.465 e. The molecule has 0 radical (unpaired) electrons. The lowest BCUT2D eigenvalue weighted by Crippen LogP contribution is -2.01. The van der Waals surface area contributed by atoms with E-state index in [-0.39, 0.29) is 0 Å². The van der Waals surface area contributed by atoms with E-state index in [1.165, 1.54) is 18.4 Å². The number of esters is 1. The van der Waals surface area contributed by atoms with E-state index in [0.29, 0.717) is 15.7 Å². The molecule has 0 saturated carbocycles. The third-order valence-electron chi connectivity index (χ3n) is 1.95. The summed E-state index contributed by atoms with van der Waals surface area (Å²) >= 11 is 6.98. The number of nitrogen functional groups attached to an aromatic ring is 1. The smallest absolute Gasteiger partial charge is 0.350 e. The van der Waals surface area contributed by atoms with Gasteiger partial charge >= 0.3 is 5.97 Å². The van der Waals surface area contributed by atoms with E-state index in [1.54, 1.807) is 12.3 Å². The lowest BCUT2D eigenvalue weighted by Gasteiger charge is -1.95. The van der Waals surface area contributed by atoms with Crippen molar-refractivity contribution in [2.75, 3.05) is 12.8 Å². The topological polar surface area (TPSA) is 65.2 Å². The number of pyridine rings is 1. The van der Waals surface area contributed by atoms with Gasteiger partial charge in [0.2, 0.25) is 0 Å². The number of aromatic nitrogens is 1. The number of rotatable bonds is 1. The van der Waals surface area contributed by atoms with Gasteiger partial charge in [-0.2, -0.15) is 0 Å². The number of carbonyl (C=O) groups excluding carboxylic acids is 1. The highest BCUT2D eigenvalue weighted by Gasteiger charge is 2.16. The lowest BCUT2D eigenvalue weighted by molar-refractivity contribution is 0.0607. The number of thiophene rings is 1. The number of ether oxygens (including phenoxy) is 1. The van der Waals surface area contributed by atoms with Crippen molar-refractivity contribution in [2.45, 2.75) is 0 Å². The van der Waals surface area contributed by atoms with E-state index in [9.17, 15) is 4.79 Å². The average Bonchev–Trinajstić information content (AvgIpc) is 2.55. The molecular formula is C9H7ClN2O2S. The van der Waals surface area contributed by atoms with Crippen molar-refractivity contribution >= 4 is 44.7 Å². The zero-order chi connectivity index (χ0) is 11.0. The first-order valence-corrected chi connectivity index (χ1v) is 5.24. The van der Waals surface area contributed by atoms with Crippen LogP contribution in [0.1, 0.15) is 9.67 Å². The number of halogens is 1. The molecule has 15 heavy (non-hydrogen) atoms. The van der Waals surface area contributed by atoms with Gasteiger partial charge < -0.3 is 10.5 Å². The molecule has 0 atom stereocenters. The molecule has 0 aliphatic heterocycles. The van der Waals surface area contributed by atoms with E-state index in [1.807, 2.05) is 0 Å². The Hall–Kier alpha value is -1.33. The van der Waals surface area contributed by atoms with Crippen LogP contribution >= 0.6 is 22.9 Å². The summed E-state index contributed by atoms with van der Waals surface area (Å²) in [5, 5.41) is 1.09. The molecule has 4 nitrogen and oxygen atoms in total. The van der Waals surface area contributed by atoms with Crippen LogP contribution in [0.2, 0.25) is 5.15 Å². The fraction of sp³-hybridized carbons (Fsp3) is 0.111. The third kappa shape index (κ3) is 1.64. The molecular weight excluding hydrogens is 236 g/mol. The Labute approximate surface area is 94.6 Å². The highest BCUT2D eigenvalue weighted by atomic mass is 35.5. The molecule has 2 rings (SSSR count). The molecule has 2 heterocycles. The Bertz CT molecular complexity index is 538. The second-order valence-electron chi connectivity index (χ2n) is 2.84. The van der Waals surface area contributed by atoms with Crippen LogP contribution in [0.4, 0.5) is 5.69 Å². The number of nitrogens with zero attached hydrogens (tertiary/aromatic N) is 1. The summed E-state index contributed by atoms with van der Waals surface area (Å²) in [6.07, 6.45) is 1.59. The molecule has 0 fully saturated rings. The predicted octanol–water partition coefficient (Wildman–Crippen LogP) is 2.32. The fourth-order valence-corrected chi connectivity index (χ4v) is 2.39. The molecule has 78 valence electrons. The first-order chi connectivity index (χ1) is 7.13. The monoisotopic (exact) mass is 242 g/mol. The number of carbonyl (C=O) groups is 1. The zero-order valence-corrected chi connectivity index (χ0v) is 9.35. The van der Waals surface area contributed by atoms with Crippen molar-refractivity contribution < 1.29 is 9.53 Å². The highest BCUT2D eigenvalue weighted by Crippen LogP contribution is 2.34. The van der Waals surface area contributed by atoms with Gasteiger partial charge in [0.25, 0.3) is 0 Å². The van der Waals surface area contributed by atoms with Gasteiger partial charge in [-0.05, 0) is 6.07 Å². The summed E-state index contributed by atoms with van der Waals surface area (Å²) in [7, 11) is 1.32. The van der Waals surface area contributed by atoms with Gasteiger partial charge in [-0.15, -0.1) is 11.3 Å². The van der Waals surface area contributed by atoms with Crippen LogP contribution in [0.5, 0.6) is 0 Å². The van der Waals surface area contributed by atoms with Crippen LogP contribution < -0.4 is 5.73 Å². The van der Waals surface area contributed by atoms with Gasteiger partial charge in [0, 0.05) is 11.6 Å². The normalized spacial score (nSPS) is 10.5. The van der Waals surface area contributed by atoms with Crippen LogP contribution in [0.3, 0.4) is 0 Å². The highest BCUT2D eigenvalue weighted by molar-refractivity contribution is 7.21. The summed E-state index contributed by atoms with van der Waals surface area (Å²) in [4.78, 5) is 15.6. The molecule has 0 amide bonds. The van der Waals surface area contributed by atoms with Crippen LogP contribution in [-0.4, -0.2) is 18.1 Å². The SMILES string of the molecule is COC(=O)c1sc2cnc(Cl)cc2c1N.